The summed E-state index contributed by atoms with van der Waals surface area (Å²) in [4.78, 5) is 30.7. The monoisotopic (exact) mass is 494 g/mol. The minimum Gasteiger partial charge on any atom is -0.493 e. The molecule has 0 aliphatic carbocycles. The first kappa shape index (κ1) is 26.2. The Labute approximate surface area is 214 Å². The summed E-state index contributed by atoms with van der Waals surface area (Å²) in [5.41, 5.74) is 1.39. The number of hydrogen-bond donors (Lipinski definition) is 0. The molecule has 2 amide bonds. The third kappa shape index (κ3) is 6.45. The van der Waals surface area contributed by atoms with E-state index in [4.69, 9.17) is 4.74 Å². The molecular formula is C30H39FN2O3. The summed E-state index contributed by atoms with van der Waals surface area (Å²) in [5.74, 6) is 0.389. The Morgan fingerprint density at radius 2 is 1.53 bits per heavy atom. The van der Waals surface area contributed by atoms with Crippen LogP contribution in [0.3, 0.4) is 0 Å². The highest BCUT2D eigenvalue weighted by molar-refractivity contribution is 5.94. The van der Waals surface area contributed by atoms with Crippen molar-refractivity contribution in [1.82, 2.24) is 9.80 Å². The maximum Gasteiger partial charge on any atom is 0.253 e. The first-order valence-electron chi connectivity index (χ1n) is 13.2. The average molecular weight is 495 g/mol. The van der Waals surface area contributed by atoms with Gasteiger partial charge in [0.05, 0.1) is 6.61 Å². The normalized spacial score (nSPS) is 20.8. The first-order chi connectivity index (χ1) is 17.2. The molecule has 2 aliphatic rings. The molecule has 2 aromatic rings. The molecule has 1 atom stereocenters. The molecule has 0 bridgehead atoms. The number of benzene rings is 2. The molecule has 194 valence electrons. The predicted octanol–water partition coefficient (Wildman–Crippen LogP) is 5.83. The molecule has 0 spiro atoms. The molecule has 6 heteroatoms. The van der Waals surface area contributed by atoms with E-state index in [9.17, 15) is 14.0 Å². The number of hydrogen-bond acceptors (Lipinski definition) is 3. The van der Waals surface area contributed by atoms with E-state index in [0.717, 1.165) is 38.8 Å². The smallest absolute Gasteiger partial charge is 0.253 e. The zero-order valence-corrected chi connectivity index (χ0v) is 21.9. The van der Waals surface area contributed by atoms with Gasteiger partial charge < -0.3 is 14.5 Å². The standard InChI is InChI=1S/C30H39FN2O3/c1-29(2,3)24-10-8-23(9-11-24)28(35)33-19-7-16-30(21-33,20-27(34)32-17-5-4-6-18-32)22-36-26-14-12-25(31)13-15-26/h8-15H,4-7,16-22H2,1-3H3. The van der Waals surface area contributed by atoms with Gasteiger partial charge in [-0.15, -0.1) is 0 Å². The van der Waals surface area contributed by atoms with E-state index in [1.54, 1.807) is 12.1 Å². The van der Waals surface area contributed by atoms with Crippen molar-refractivity contribution in [3.05, 3.63) is 65.5 Å². The predicted molar refractivity (Wildman–Crippen MR) is 140 cm³/mol. The number of carbonyl (C=O) groups is 2. The number of halogens is 1. The maximum atomic E-state index is 13.5. The molecule has 2 saturated heterocycles. The quantitative estimate of drug-likeness (QED) is 0.508. The summed E-state index contributed by atoms with van der Waals surface area (Å²) in [5, 5.41) is 0. The number of carbonyl (C=O) groups excluding carboxylic acids is 2. The van der Waals surface area contributed by atoms with Crippen LogP contribution in [0.15, 0.2) is 48.5 Å². The van der Waals surface area contributed by atoms with Gasteiger partial charge >= 0.3 is 0 Å². The lowest BCUT2D eigenvalue weighted by atomic mass is 9.77. The number of rotatable bonds is 6. The molecule has 2 aliphatic heterocycles. The zero-order valence-electron chi connectivity index (χ0n) is 21.9. The number of ether oxygens (including phenoxy) is 1. The summed E-state index contributed by atoms with van der Waals surface area (Å²) in [7, 11) is 0. The number of amides is 2. The highest BCUT2D eigenvalue weighted by Crippen LogP contribution is 2.36. The van der Waals surface area contributed by atoms with Gasteiger partial charge in [-0.1, -0.05) is 32.9 Å². The summed E-state index contributed by atoms with van der Waals surface area (Å²) >= 11 is 0. The van der Waals surface area contributed by atoms with Crippen molar-refractivity contribution in [2.75, 3.05) is 32.8 Å². The summed E-state index contributed by atoms with van der Waals surface area (Å²) in [6.07, 6.45) is 5.21. The Balaban J connectivity index is 1.52. The first-order valence-corrected chi connectivity index (χ1v) is 13.2. The van der Waals surface area contributed by atoms with Gasteiger partial charge in [0.1, 0.15) is 11.6 Å². The molecule has 0 radical (unpaired) electrons. The van der Waals surface area contributed by atoms with Crippen LogP contribution >= 0.6 is 0 Å². The zero-order chi connectivity index (χ0) is 25.8. The number of piperidine rings is 2. The Hall–Kier alpha value is -2.89. The number of nitrogens with zero attached hydrogens (tertiary/aromatic N) is 2. The molecular weight excluding hydrogens is 455 g/mol. The Morgan fingerprint density at radius 3 is 2.17 bits per heavy atom. The topological polar surface area (TPSA) is 49.9 Å². The Bertz CT molecular complexity index is 1040. The van der Waals surface area contributed by atoms with Crippen LogP contribution in [-0.4, -0.2) is 54.4 Å². The third-order valence-corrected chi connectivity index (χ3v) is 7.54. The van der Waals surface area contributed by atoms with Crippen LogP contribution in [0.25, 0.3) is 0 Å². The second-order valence-electron chi connectivity index (χ2n) is 11.5. The van der Waals surface area contributed by atoms with Crippen LogP contribution in [0.4, 0.5) is 4.39 Å². The van der Waals surface area contributed by atoms with E-state index in [0.29, 0.717) is 37.4 Å². The molecule has 2 heterocycles. The van der Waals surface area contributed by atoms with Gasteiger partial charge in [-0.2, -0.15) is 0 Å². The second-order valence-corrected chi connectivity index (χ2v) is 11.5. The van der Waals surface area contributed by atoms with Crippen LogP contribution in [-0.2, 0) is 10.2 Å². The molecule has 5 nitrogen and oxygen atoms in total. The molecule has 2 aromatic carbocycles. The number of likely N-dealkylation sites (tertiary alicyclic amines) is 2. The fourth-order valence-electron chi connectivity index (χ4n) is 5.33. The largest absolute Gasteiger partial charge is 0.493 e. The van der Waals surface area contributed by atoms with Gasteiger partial charge in [-0.25, -0.2) is 4.39 Å². The minimum absolute atomic E-state index is 0.00765. The summed E-state index contributed by atoms with van der Waals surface area (Å²) in [6, 6.07) is 13.8. The van der Waals surface area contributed by atoms with Crippen molar-refractivity contribution in [3.63, 3.8) is 0 Å². The van der Waals surface area contributed by atoms with Crippen molar-refractivity contribution in [1.29, 1.82) is 0 Å². The average Bonchev–Trinajstić information content (AvgIpc) is 2.88. The van der Waals surface area contributed by atoms with E-state index < -0.39 is 5.41 Å². The van der Waals surface area contributed by atoms with Crippen molar-refractivity contribution < 1.29 is 18.7 Å². The van der Waals surface area contributed by atoms with Gasteiger partial charge in [0.15, 0.2) is 0 Å². The third-order valence-electron chi connectivity index (χ3n) is 7.54. The molecule has 1 unspecified atom stereocenters. The highest BCUT2D eigenvalue weighted by Gasteiger charge is 2.41. The van der Waals surface area contributed by atoms with Crippen LogP contribution < -0.4 is 4.74 Å². The molecule has 0 N–H and O–H groups in total. The van der Waals surface area contributed by atoms with Gasteiger partial charge in [0.2, 0.25) is 5.91 Å². The van der Waals surface area contributed by atoms with Crippen molar-refractivity contribution in [3.8, 4) is 5.75 Å². The van der Waals surface area contributed by atoms with E-state index >= 15 is 0 Å². The Kier molecular flexibility index (Phi) is 8.01. The minimum atomic E-state index is -0.484. The van der Waals surface area contributed by atoms with Crippen LogP contribution in [0.5, 0.6) is 5.75 Å². The maximum absolute atomic E-state index is 13.5. The van der Waals surface area contributed by atoms with E-state index in [2.05, 4.69) is 20.8 Å². The lowest BCUT2D eigenvalue weighted by molar-refractivity contribution is -0.136. The highest BCUT2D eigenvalue weighted by atomic mass is 19.1. The molecule has 0 aromatic heterocycles. The summed E-state index contributed by atoms with van der Waals surface area (Å²) < 4.78 is 19.5. The van der Waals surface area contributed by atoms with Crippen LogP contribution in [0, 0.1) is 11.2 Å². The van der Waals surface area contributed by atoms with Crippen molar-refractivity contribution >= 4 is 11.8 Å². The van der Waals surface area contributed by atoms with E-state index in [1.807, 2.05) is 34.1 Å². The summed E-state index contributed by atoms with van der Waals surface area (Å²) in [6.45, 7) is 9.51. The van der Waals surface area contributed by atoms with Gasteiger partial charge in [0.25, 0.3) is 5.91 Å². The van der Waals surface area contributed by atoms with E-state index in [1.165, 1.54) is 24.1 Å². The molecule has 0 saturated carbocycles. The van der Waals surface area contributed by atoms with Crippen molar-refractivity contribution in [2.24, 2.45) is 5.41 Å². The van der Waals surface area contributed by atoms with Crippen LogP contribution in [0.1, 0.15) is 75.2 Å². The van der Waals surface area contributed by atoms with Gasteiger partial charge in [-0.3, -0.25) is 9.59 Å². The lowest BCUT2D eigenvalue weighted by Crippen LogP contribution is -2.51. The molecule has 4 rings (SSSR count). The molecule has 2 fully saturated rings. The lowest BCUT2D eigenvalue weighted by Gasteiger charge is -2.43. The Morgan fingerprint density at radius 1 is 0.889 bits per heavy atom. The fraction of sp³-hybridized carbons (Fsp3) is 0.533. The van der Waals surface area contributed by atoms with Gasteiger partial charge in [0, 0.05) is 43.6 Å². The van der Waals surface area contributed by atoms with Gasteiger partial charge in [-0.05, 0) is 79.5 Å². The van der Waals surface area contributed by atoms with E-state index in [-0.39, 0.29) is 23.0 Å². The second kappa shape index (κ2) is 11.0. The fourth-order valence-corrected chi connectivity index (χ4v) is 5.33. The SMILES string of the molecule is CC(C)(C)c1ccc(C(=O)N2CCCC(COc3ccc(F)cc3)(CC(=O)N3CCCCC3)C2)cc1. The van der Waals surface area contributed by atoms with Crippen molar-refractivity contribution in [2.45, 2.75) is 64.7 Å². The van der Waals surface area contributed by atoms with Crippen LogP contribution in [0.2, 0.25) is 0 Å². The molecule has 36 heavy (non-hydrogen) atoms.